The first-order valence-electron chi connectivity index (χ1n) is 36.8. The zero-order valence-corrected chi connectivity index (χ0v) is 68.6. The van der Waals surface area contributed by atoms with Crippen molar-refractivity contribution in [2.75, 3.05) is 0 Å². The Balaban J connectivity index is -0.0000000393. The van der Waals surface area contributed by atoms with Crippen molar-refractivity contribution in [3.63, 3.8) is 0 Å². The zero-order valence-electron chi connectivity index (χ0n) is 68.6. The van der Waals surface area contributed by atoms with E-state index in [0.717, 1.165) is 0 Å². The van der Waals surface area contributed by atoms with Crippen LogP contribution in [0.15, 0.2) is 328 Å². The summed E-state index contributed by atoms with van der Waals surface area (Å²) in [7, 11) is 0. The summed E-state index contributed by atoms with van der Waals surface area (Å²) in [6.07, 6.45) is 2.50. The third-order valence-electron chi connectivity index (χ3n) is 6.00. The van der Waals surface area contributed by atoms with Gasteiger partial charge >= 0.3 is 0 Å². The fourth-order valence-electron chi connectivity index (χ4n) is 3.46. The van der Waals surface area contributed by atoms with Crippen molar-refractivity contribution in [2.24, 2.45) is 0 Å². The summed E-state index contributed by atoms with van der Waals surface area (Å²) in [5, 5.41) is 0. The van der Waals surface area contributed by atoms with Crippen LogP contribution in [0, 0.1) is 0 Å². The highest BCUT2D eigenvalue weighted by Crippen LogP contribution is 1.85. The largest absolute Gasteiger partial charge is 0.0683 e. The molecule has 0 amide bonds. The van der Waals surface area contributed by atoms with Gasteiger partial charge < -0.3 is 0 Å². The van der Waals surface area contributed by atoms with Crippen LogP contribution >= 0.6 is 0 Å². The molecular formula is C92H166. The maximum atomic E-state index is 2.12. The van der Waals surface area contributed by atoms with Crippen LogP contribution < -0.4 is 0 Å². The zero-order chi connectivity index (χ0) is 75.6. The normalized spacial score (nSPS) is 6.13. The lowest BCUT2D eigenvalue weighted by Crippen LogP contribution is -1.47. The molecule has 92 heavy (non-hydrogen) atoms. The third kappa shape index (κ3) is 253. The van der Waals surface area contributed by atoms with Crippen LogP contribution in [0.3, 0.4) is 0 Å². The third-order valence-corrected chi connectivity index (χ3v) is 6.00. The van der Waals surface area contributed by atoms with Crippen LogP contribution in [0.25, 0.3) is 0 Å². The summed E-state index contributed by atoms with van der Waals surface area (Å²) in [6, 6.07) is 108. The molecule has 0 aliphatic carbocycles. The van der Waals surface area contributed by atoms with E-state index in [0.29, 0.717) is 0 Å². The van der Waals surface area contributed by atoms with Crippen LogP contribution in [0.1, 0.15) is 262 Å². The fourth-order valence-corrected chi connectivity index (χ4v) is 3.46. The van der Waals surface area contributed by atoms with E-state index in [4.69, 9.17) is 0 Å². The van der Waals surface area contributed by atoms with E-state index in [1.807, 2.05) is 549 Å². The second kappa shape index (κ2) is 241. The fraction of sp³-hybridized carbons (Fsp3) is 0.413. The highest BCUT2D eigenvalue weighted by Gasteiger charge is 1.63. The highest BCUT2D eigenvalue weighted by atomic mass is 13.7. The predicted octanol–water partition coefficient (Wildman–Crippen LogP) is 34.4. The lowest BCUT2D eigenvalue weighted by Gasteiger charge is -1.69. The van der Waals surface area contributed by atoms with Crippen LogP contribution in [-0.4, -0.2) is 0 Å². The van der Waals surface area contributed by atoms with E-state index < -0.39 is 0 Å². The molecular weight excluding hydrogens is 1110 g/mol. The number of rotatable bonds is 0. The monoisotopic (exact) mass is 1270 g/mol. The Labute approximate surface area is 586 Å². The van der Waals surface area contributed by atoms with Gasteiger partial charge in [-0.25, -0.2) is 0 Å². The van der Waals surface area contributed by atoms with E-state index >= 15 is 0 Å². The first kappa shape index (κ1) is 134. The van der Waals surface area contributed by atoms with Crippen molar-refractivity contribution in [3.05, 3.63) is 328 Å². The Bertz CT molecular complexity index is 1130. The molecule has 0 bridgehead atoms. The van der Waals surface area contributed by atoms with Gasteiger partial charge in [0.15, 0.2) is 0 Å². The molecule has 0 heteroatoms. The molecule has 0 saturated heterocycles. The first-order valence-corrected chi connectivity index (χ1v) is 36.8. The Hall–Kier alpha value is -7.02. The molecule has 0 spiro atoms. The van der Waals surface area contributed by atoms with Gasteiger partial charge in [0.25, 0.3) is 0 Å². The average molecular weight is 1270 g/mol. The van der Waals surface area contributed by atoms with Crippen LogP contribution in [-0.2, 0) is 0 Å². The van der Waals surface area contributed by atoms with Crippen LogP contribution in [0.5, 0.6) is 0 Å². The van der Waals surface area contributed by atoms with Crippen molar-refractivity contribution >= 4 is 0 Å². The summed E-state index contributed by atoms with van der Waals surface area (Å²) in [6.45, 7) is 72.5. The van der Waals surface area contributed by atoms with Crippen molar-refractivity contribution < 1.29 is 0 Å². The first-order chi connectivity index (χ1) is 45.8. The minimum absolute atomic E-state index is 1.25. The molecule has 0 atom stereocenters. The molecule has 534 valence electrons. The second-order valence-electron chi connectivity index (χ2n) is 11.8. The maximum absolute atomic E-state index is 2.12. The standard InChI is InChI=1S/9C6H6.2C3H8.16C2H6/c9*1-2-4-6-5-3-1;2*1-3-2;16*1-2/h9*1-6H;2*3H2,1-2H3;16*1-2H3. The Morgan fingerprint density at radius 1 is 0.0761 bits per heavy atom. The molecule has 0 fully saturated rings. The van der Waals surface area contributed by atoms with Gasteiger partial charge in [-0.3, -0.25) is 0 Å². The number of hydrogen-bond acceptors (Lipinski definition) is 0. The van der Waals surface area contributed by atoms with Crippen molar-refractivity contribution in [1.82, 2.24) is 0 Å². The van der Waals surface area contributed by atoms with E-state index in [2.05, 4.69) is 27.7 Å². The molecule has 0 radical (unpaired) electrons. The molecule has 9 rings (SSSR count). The number of hydrogen-bond donors (Lipinski definition) is 0. The van der Waals surface area contributed by atoms with E-state index in [1.54, 1.807) is 0 Å². The second-order valence-corrected chi connectivity index (χ2v) is 11.8. The molecule has 0 saturated carbocycles. The average Bonchev–Trinajstić information content (AvgIpc) is 3.74. The minimum Gasteiger partial charge on any atom is -0.0683 e. The van der Waals surface area contributed by atoms with E-state index in [1.165, 1.54) is 12.8 Å². The van der Waals surface area contributed by atoms with Gasteiger partial charge in [0.2, 0.25) is 0 Å². The minimum atomic E-state index is 1.25. The topological polar surface area (TPSA) is 0 Å². The lowest BCUT2D eigenvalue weighted by atomic mass is 10.4. The summed E-state index contributed by atoms with van der Waals surface area (Å²) < 4.78 is 0. The van der Waals surface area contributed by atoms with Crippen molar-refractivity contribution in [3.8, 4) is 0 Å². The molecule has 9 aromatic rings. The molecule has 0 unspecified atom stereocenters. The van der Waals surface area contributed by atoms with Gasteiger partial charge in [-0.2, -0.15) is 0 Å². The maximum Gasteiger partial charge on any atom is -0.0590 e. The van der Waals surface area contributed by atoms with E-state index in [9.17, 15) is 0 Å². The SMILES string of the molecule is CC.CC.CC.CC.CC.CC.CC.CC.CC.CC.CC.CC.CC.CC.CC.CC.CCC.CCC.c1ccccc1.c1ccccc1.c1ccccc1.c1ccccc1.c1ccccc1.c1ccccc1.c1ccccc1.c1ccccc1.c1ccccc1. The van der Waals surface area contributed by atoms with Gasteiger partial charge in [0, 0.05) is 0 Å². The molecule has 0 N–H and O–H groups in total. The lowest BCUT2D eigenvalue weighted by molar-refractivity contribution is 1.09. The molecule has 0 aromatic heterocycles. The summed E-state index contributed by atoms with van der Waals surface area (Å²) in [5.74, 6) is 0. The van der Waals surface area contributed by atoms with Gasteiger partial charge in [0.1, 0.15) is 0 Å². The molecule has 0 aliphatic heterocycles. The molecule has 0 nitrogen and oxygen atoms in total. The van der Waals surface area contributed by atoms with Crippen LogP contribution in [0.2, 0.25) is 0 Å². The Morgan fingerprint density at radius 3 is 0.0978 bits per heavy atom. The summed E-state index contributed by atoms with van der Waals surface area (Å²) in [4.78, 5) is 0. The predicted molar refractivity (Wildman–Crippen MR) is 451 cm³/mol. The van der Waals surface area contributed by atoms with Gasteiger partial charge in [0.05, 0.1) is 0 Å². The van der Waals surface area contributed by atoms with Crippen molar-refractivity contribution in [2.45, 2.75) is 262 Å². The summed E-state index contributed by atoms with van der Waals surface area (Å²) >= 11 is 0. The quantitative estimate of drug-likeness (QED) is 0.142. The van der Waals surface area contributed by atoms with Gasteiger partial charge in [-0.15, -0.1) is 0 Å². The van der Waals surface area contributed by atoms with Gasteiger partial charge in [-0.05, 0) is 0 Å². The number of benzene rings is 9. The molecule has 0 heterocycles. The van der Waals surface area contributed by atoms with Crippen molar-refractivity contribution in [1.29, 1.82) is 0 Å². The van der Waals surface area contributed by atoms with Crippen LogP contribution in [0.4, 0.5) is 0 Å². The van der Waals surface area contributed by atoms with Gasteiger partial charge in [-0.1, -0.05) is 590 Å². The highest BCUT2D eigenvalue weighted by molar-refractivity contribution is 5.04. The molecule has 0 aliphatic rings. The smallest absolute Gasteiger partial charge is 0.0590 e. The Kier molecular flexibility index (Phi) is 350. The Morgan fingerprint density at radius 2 is 0.0870 bits per heavy atom. The molecule has 9 aromatic carbocycles. The summed E-state index contributed by atoms with van der Waals surface area (Å²) in [5.41, 5.74) is 0. The van der Waals surface area contributed by atoms with E-state index in [-0.39, 0.29) is 0 Å².